The fraction of sp³-hybridized carbons (Fsp3) is 0.190. The van der Waals surface area contributed by atoms with Crippen LogP contribution in [0.4, 0.5) is 0 Å². The standard InChI is InChI=1S/C21H19NO2/c1-21(2,3)16-10-8-14(9-11-16)17-13-20(24-22-17)19-12-15-6-4-5-7-18(15)23-19/h4-13H,1-3H3. The number of hydrogen-bond donors (Lipinski definition) is 0. The Kier molecular flexibility index (Phi) is 3.31. The molecule has 0 saturated carbocycles. The molecule has 3 nitrogen and oxygen atoms in total. The predicted octanol–water partition coefficient (Wildman–Crippen LogP) is 6.05. The van der Waals surface area contributed by atoms with Gasteiger partial charge in [-0.2, -0.15) is 0 Å². The van der Waals surface area contributed by atoms with Gasteiger partial charge in [0.1, 0.15) is 11.3 Å². The van der Waals surface area contributed by atoms with Crippen molar-refractivity contribution in [1.82, 2.24) is 5.16 Å². The zero-order valence-corrected chi connectivity index (χ0v) is 14.0. The highest BCUT2D eigenvalue weighted by Crippen LogP contribution is 2.31. The number of furan rings is 1. The smallest absolute Gasteiger partial charge is 0.202 e. The van der Waals surface area contributed by atoms with Gasteiger partial charge < -0.3 is 8.94 Å². The topological polar surface area (TPSA) is 39.2 Å². The highest BCUT2D eigenvalue weighted by molar-refractivity contribution is 5.82. The van der Waals surface area contributed by atoms with E-state index in [0.717, 1.165) is 22.2 Å². The Hall–Kier alpha value is -2.81. The fourth-order valence-electron chi connectivity index (χ4n) is 2.77. The van der Waals surface area contributed by atoms with E-state index in [4.69, 9.17) is 8.94 Å². The number of rotatable bonds is 2. The molecule has 0 unspecified atom stereocenters. The van der Waals surface area contributed by atoms with E-state index in [0.29, 0.717) is 11.5 Å². The normalized spacial score (nSPS) is 12.0. The lowest BCUT2D eigenvalue weighted by atomic mass is 9.86. The second-order valence-electron chi connectivity index (χ2n) is 7.05. The van der Waals surface area contributed by atoms with E-state index in [-0.39, 0.29) is 5.41 Å². The summed E-state index contributed by atoms with van der Waals surface area (Å²) in [6, 6.07) is 20.3. The minimum atomic E-state index is 0.141. The van der Waals surface area contributed by atoms with E-state index in [1.807, 2.05) is 36.4 Å². The van der Waals surface area contributed by atoms with Crippen LogP contribution in [-0.4, -0.2) is 5.16 Å². The molecule has 0 aliphatic heterocycles. The van der Waals surface area contributed by atoms with Crippen LogP contribution >= 0.6 is 0 Å². The molecule has 0 saturated heterocycles. The van der Waals surface area contributed by atoms with E-state index in [1.54, 1.807) is 0 Å². The van der Waals surface area contributed by atoms with Crippen LogP contribution < -0.4 is 0 Å². The fourth-order valence-corrected chi connectivity index (χ4v) is 2.77. The van der Waals surface area contributed by atoms with Gasteiger partial charge in [-0.3, -0.25) is 0 Å². The van der Waals surface area contributed by atoms with E-state index in [9.17, 15) is 0 Å². The maximum atomic E-state index is 5.83. The lowest BCUT2D eigenvalue weighted by Crippen LogP contribution is -2.10. The largest absolute Gasteiger partial charge is 0.453 e. The number of hydrogen-bond acceptors (Lipinski definition) is 3. The molecule has 0 radical (unpaired) electrons. The Morgan fingerprint density at radius 3 is 2.29 bits per heavy atom. The van der Waals surface area contributed by atoms with Crippen LogP contribution in [0.15, 0.2) is 69.6 Å². The monoisotopic (exact) mass is 317 g/mol. The number of nitrogens with zero attached hydrogens (tertiary/aromatic N) is 1. The first kappa shape index (κ1) is 14.8. The summed E-state index contributed by atoms with van der Waals surface area (Å²) >= 11 is 0. The van der Waals surface area contributed by atoms with E-state index in [1.165, 1.54) is 5.56 Å². The molecule has 4 rings (SSSR count). The third-order valence-electron chi connectivity index (χ3n) is 4.23. The molecule has 0 spiro atoms. The molecule has 0 amide bonds. The van der Waals surface area contributed by atoms with Crippen molar-refractivity contribution in [2.24, 2.45) is 0 Å². The van der Waals surface area contributed by atoms with Crippen LogP contribution in [0.2, 0.25) is 0 Å². The van der Waals surface area contributed by atoms with Crippen molar-refractivity contribution in [2.45, 2.75) is 26.2 Å². The molecule has 2 aromatic heterocycles. The Bertz CT molecular complexity index is 952. The lowest BCUT2D eigenvalue weighted by molar-refractivity contribution is 0.423. The van der Waals surface area contributed by atoms with E-state index >= 15 is 0 Å². The Labute approximate surface area is 140 Å². The summed E-state index contributed by atoms with van der Waals surface area (Å²) in [6.45, 7) is 6.62. The first-order chi connectivity index (χ1) is 11.5. The quantitative estimate of drug-likeness (QED) is 0.451. The maximum absolute atomic E-state index is 5.83. The van der Waals surface area contributed by atoms with Crippen LogP contribution in [0.3, 0.4) is 0 Å². The zero-order chi connectivity index (χ0) is 16.7. The summed E-state index contributed by atoms with van der Waals surface area (Å²) < 4.78 is 11.3. The van der Waals surface area contributed by atoms with Gasteiger partial charge in [-0.05, 0) is 23.1 Å². The van der Waals surface area contributed by atoms with Crippen LogP contribution in [0.1, 0.15) is 26.3 Å². The average Bonchev–Trinajstić information content (AvgIpc) is 3.21. The second-order valence-corrected chi connectivity index (χ2v) is 7.05. The summed E-state index contributed by atoms with van der Waals surface area (Å²) in [5.41, 5.74) is 4.13. The van der Waals surface area contributed by atoms with Crippen molar-refractivity contribution in [3.8, 4) is 22.8 Å². The number of aromatic nitrogens is 1. The summed E-state index contributed by atoms with van der Waals surface area (Å²) in [6.07, 6.45) is 0. The van der Waals surface area contributed by atoms with Gasteiger partial charge in [-0.25, -0.2) is 0 Å². The minimum Gasteiger partial charge on any atom is -0.453 e. The molecule has 2 aromatic carbocycles. The SMILES string of the molecule is CC(C)(C)c1ccc(-c2cc(-c3cc4ccccc4o3)on2)cc1. The molecular formula is C21H19NO2. The van der Waals surface area contributed by atoms with Gasteiger partial charge in [-0.1, -0.05) is 68.4 Å². The molecule has 0 aliphatic rings. The highest BCUT2D eigenvalue weighted by Gasteiger charge is 2.15. The van der Waals surface area contributed by atoms with E-state index in [2.05, 4.69) is 50.2 Å². The van der Waals surface area contributed by atoms with Crippen molar-refractivity contribution in [2.75, 3.05) is 0 Å². The summed E-state index contributed by atoms with van der Waals surface area (Å²) in [5.74, 6) is 1.34. The van der Waals surface area contributed by atoms with Crippen molar-refractivity contribution in [1.29, 1.82) is 0 Å². The van der Waals surface area contributed by atoms with Crippen LogP contribution in [0.5, 0.6) is 0 Å². The van der Waals surface area contributed by atoms with Gasteiger partial charge in [0, 0.05) is 17.0 Å². The third kappa shape index (κ3) is 2.62. The zero-order valence-electron chi connectivity index (χ0n) is 14.0. The lowest BCUT2D eigenvalue weighted by Gasteiger charge is -2.18. The van der Waals surface area contributed by atoms with Crippen molar-refractivity contribution >= 4 is 11.0 Å². The number of para-hydroxylation sites is 1. The molecule has 0 atom stereocenters. The first-order valence-electron chi connectivity index (χ1n) is 8.07. The summed E-state index contributed by atoms with van der Waals surface area (Å²) in [7, 11) is 0. The maximum Gasteiger partial charge on any atom is 0.202 e. The molecule has 2 heterocycles. The average molecular weight is 317 g/mol. The number of fused-ring (bicyclic) bond motifs is 1. The molecule has 0 fully saturated rings. The summed E-state index contributed by atoms with van der Waals surface area (Å²) in [5, 5.41) is 5.25. The van der Waals surface area contributed by atoms with Gasteiger partial charge in [0.2, 0.25) is 5.76 Å². The third-order valence-corrected chi connectivity index (χ3v) is 4.23. The summed E-state index contributed by atoms with van der Waals surface area (Å²) in [4.78, 5) is 0. The molecule has 0 N–H and O–H groups in total. The molecule has 0 bridgehead atoms. The Morgan fingerprint density at radius 1 is 0.833 bits per heavy atom. The van der Waals surface area contributed by atoms with Gasteiger partial charge in [-0.15, -0.1) is 0 Å². The molecular weight excluding hydrogens is 298 g/mol. The van der Waals surface area contributed by atoms with Crippen molar-refractivity contribution in [3.63, 3.8) is 0 Å². The van der Waals surface area contributed by atoms with Crippen molar-refractivity contribution in [3.05, 3.63) is 66.2 Å². The Balaban J connectivity index is 1.67. The molecule has 24 heavy (non-hydrogen) atoms. The van der Waals surface area contributed by atoms with Crippen molar-refractivity contribution < 1.29 is 8.94 Å². The molecule has 3 heteroatoms. The molecule has 4 aromatic rings. The minimum absolute atomic E-state index is 0.141. The molecule has 0 aliphatic carbocycles. The van der Waals surface area contributed by atoms with Gasteiger partial charge in [0.15, 0.2) is 5.76 Å². The molecule has 120 valence electrons. The first-order valence-corrected chi connectivity index (χ1v) is 8.07. The van der Waals surface area contributed by atoms with Gasteiger partial charge >= 0.3 is 0 Å². The Morgan fingerprint density at radius 2 is 1.58 bits per heavy atom. The van der Waals surface area contributed by atoms with E-state index < -0.39 is 0 Å². The number of benzene rings is 2. The predicted molar refractivity (Wildman–Crippen MR) is 95.8 cm³/mol. The van der Waals surface area contributed by atoms with Gasteiger partial charge in [0.25, 0.3) is 0 Å². The van der Waals surface area contributed by atoms with Crippen LogP contribution in [-0.2, 0) is 5.41 Å². The van der Waals surface area contributed by atoms with Crippen LogP contribution in [0.25, 0.3) is 33.7 Å². The second kappa shape index (κ2) is 5.38. The van der Waals surface area contributed by atoms with Crippen LogP contribution in [0, 0.1) is 0 Å². The van der Waals surface area contributed by atoms with Gasteiger partial charge in [0.05, 0.1) is 0 Å². The highest BCUT2D eigenvalue weighted by atomic mass is 16.5.